The first kappa shape index (κ1) is 19.4. The highest BCUT2D eigenvalue weighted by molar-refractivity contribution is 7.21. The quantitative estimate of drug-likeness (QED) is 0.626. The van der Waals surface area contributed by atoms with Crippen LogP contribution in [0.5, 0.6) is 0 Å². The molecular formula is C22H24FN5OS. The second-order valence-corrected chi connectivity index (χ2v) is 8.81. The highest BCUT2D eigenvalue weighted by atomic mass is 32.1. The molecule has 1 aromatic carbocycles. The van der Waals surface area contributed by atoms with Crippen LogP contribution >= 0.6 is 11.3 Å². The maximum atomic E-state index is 12.6. The zero-order valence-corrected chi connectivity index (χ0v) is 17.6. The smallest absolute Gasteiger partial charge is 0.241 e. The van der Waals surface area contributed by atoms with Crippen molar-refractivity contribution in [2.24, 2.45) is 0 Å². The van der Waals surface area contributed by atoms with E-state index in [-0.39, 0.29) is 12.5 Å². The Labute approximate surface area is 178 Å². The summed E-state index contributed by atoms with van der Waals surface area (Å²) in [6, 6.07) is 10.1. The Morgan fingerprint density at radius 3 is 2.67 bits per heavy atom. The van der Waals surface area contributed by atoms with Crippen molar-refractivity contribution in [3.63, 3.8) is 0 Å². The van der Waals surface area contributed by atoms with E-state index in [1.54, 1.807) is 16.2 Å². The highest BCUT2D eigenvalue weighted by Gasteiger charge is 2.25. The normalized spacial score (nSPS) is 18.0. The van der Waals surface area contributed by atoms with Gasteiger partial charge in [-0.05, 0) is 43.2 Å². The molecule has 2 fully saturated rings. The van der Waals surface area contributed by atoms with E-state index in [4.69, 9.17) is 4.98 Å². The number of fused-ring (bicyclic) bond motifs is 1. The predicted molar refractivity (Wildman–Crippen MR) is 119 cm³/mol. The molecule has 30 heavy (non-hydrogen) atoms. The van der Waals surface area contributed by atoms with Crippen LogP contribution in [0.1, 0.15) is 12.8 Å². The number of pyridine rings is 1. The van der Waals surface area contributed by atoms with E-state index in [0.717, 1.165) is 45.4 Å². The summed E-state index contributed by atoms with van der Waals surface area (Å²) in [5, 5.41) is 0.932. The molecule has 1 amide bonds. The van der Waals surface area contributed by atoms with Gasteiger partial charge >= 0.3 is 0 Å². The molecule has 5 rings (SSSR count). The van der Waals surface area contributed by atoms with E-state index in [9.17, 15) is 9.18 Å². The number of amides is 1. The van der Waals surface area contributed by atoms with Gasteiger partial charge in [-0.25, -0.2) is 14.4 Å². The van der Waals surface area contributed by atoms with Crippen LogP contribution in [0.3, 0.4) is 0 Å². The van der Waals surface area contributed by atoms with Crippen LogP contribution in [0.15, 0.2) is 36.5 Å². The number of piperazine rings is 1. The van der Waals surface area contributed by atoms with Crippen LogP contribution in [0.2, 0.25) is 0 Å². The van der Waals surface area contributed by atoms with Crippen molar-refractivity contribution in [2.45, 2.75) is 12.8 Å². The molecule has 156 valence electrons. The number of alkyl halides is 1. The van der Waals surface area contributed by atoms with Gasteiger partial charge in [0.15, 0.2) is 0 Å². The van der Waals surface area contributed by atoms with Gasteiger partial charge in [-0.15, -0.1) is 11.3 Å². The summed E-state index contributed by atoms with van der Waals surface area (Å²) in [4.78, 5) is 27.9. The number of rotatable bonds is 5. The van der Waals surface area contributed by atoms with Crippen molar-refractivity contribution < 1.29 is 9.18 Å². The summed E-state index contributed by atoms with van der Waals surface area (Å²) in [5.74, 6) is 1.05. The number of carbonyl (C=O) groups excluding carboxylic acids is 1. The minimum Gasteiger partial charge on any atom is -0.357 e. The predicted octanol–water partition coefficient (Wildman–Crippen LogP) is 3.58. The lowest BCUT2D eigenvalue weighted by Crippen LogP contribution is -2.50. The maximum Gasteiger partial charge on any atom is 0.241 e. The molecule has 8 heteroatoms. The minimum atomic E-state index is -0.420. The summed E-state index contributed by atoms with van der Waals surface area (Å²) in [5.41, 5.74) is 2.81. The lowest BCUT2D eigenvalue weighted by Gasteiger charge is -2.33. The third-order valence-electron chi connectivity index (χ3n) is 5.81. The second-order valence-electron chi connectivity index (χ2n) is 7.78. The van der Waals surface area contributed by atoms with Crippen LogP contribution in [0.25, 0.3) is 20.8 Å². The number of nitrogens with zero attached hydrogens (tertiary/aromatic N) is 5. The van der Waals surface area contributed by atoms with Crippen molar-refractivity contribution in [1.82, 2.24) is 14.9 Å². The number of thiazole rings is 1. The largest absolute Gasteiger partial charge is 0.357 e. The zero-order valence-electron chi connectivity index (χ0n) is 16.8. The summed E-state index contributed by atoms with van der Waals surface area (Å²) in [7, 11) is 0. The summed E-state index contributed by atoms with van der Waals surface area (Å²) in [6.07, 6.45) is 4.37. The van der Waals surface area contributed by atoms with Crippen molar-refractivity contribution >= 4 is 39.0 Å². The fraction of sp³-hybridized carbons (Fsp3) is 0.409. The zero-order chi connectivity index (χ0) is 20.5. The summed E-state index contributed by atoms with van der Waals surface area (Å²) in [6.45, 7) is 3.60. The third-order valence-corrected chi connectivity index (χ3v) is 6.88. The van der Waals surface area contributed by atoms with Gasteiger partial charge in [-0.2, -0.15) is 0 Å². The second kappa shape index (κ2) is 8.28. The molecule has 0 radical (unpaired) electrons. The van der Waals surface area contributed by atoms with Crippen molar-refractivity contribution in [3.05, 3.63) is 36.5 Å². The molecule has 6 nitrogen and oxygen atoms in total. The Morgan fingerprint density at radius 2 is 1.93 bits per heavy atom. The van der Waals surface area contributed by atoms with Gasteiger partial charge in [0.05, 0.1) is 16.8 Å². The molecule has 3 aromatic rings. The molecule has 0 unspecified atom stereocenters. The Morgan fingerprint density at radius 1 is 1.07 bits per heavy atom. The Kier molecular flexibility index (Phi) is 5.35. The SMILES string of the molecule is O=C1CN(CCF)CCN1c1ccc2nc(-c3ccc(N4CCCC4)nc3)sc2c1. The fourth-order valence-electron chi connectivity index (χ4n) is 4.16. The first-order valence-corrected chi connectivity index (χ1v) is 11.2. The van der Waals surface area contributed by atoms with Gasteiger partial charge in [0.1, 0.15) is 17.5 Å². The van der Waals surface area contributed by atoms with Crippen molar-refractivity contribution in [1.29, 1.82) is 0 Å². The average Bonchev–Trinajstić information content (AvgIpc) is 3.44. The monoisotopic (exact) mass is 425 g/mol. The number of benzene rings is 1. The van der Waals surface area contributed by atoms with Gasteiger partial charge in [0.25, 0.3) is 0 Å². The number of halogens is 1. The first-order valence-electron chi connectivity index (χ1n) is 10.4. The molecule has 0 aliphatic carbocycles. The van der Waals surface area contributed by atoms with E-state index in [1.807, 2.05) is 29.3 Å². The third kappa shape index (κ3) is 3.77. The van der Waals surface area contributed by atoms with E-state index in [0.29, 0.717) is 19.6 Å². The summed E-state index contributed by atoms with van der Waals surface area (Å²) < 4.78 is 13.6. The fourth-order valence-corrected chi connectivity index (χ4v) is 5.14. The van der Waals surface area contributed by atoms with Crippen LogP contribution in [0, 0.1) is 0 Å². The molecule has 0 spiro atoms. The van der Waals surface area contributed by atoms with Crippen LogP contribution in [-0.2, 0) is 4.79 Å². The minimum absolute atomic E-state index is 0.0143. The van der Waals surface area contributed by atoms with E-state index in [2.05, 4.69) is 22.0 Å². The number of hydrogen-bond acceptors (Lipinski definition) is 6. The standard InChI is InChI=1S/C22H24FN5OS/c23-7-10-26-11-12-28(21(29)15-26)17-4-5-18-19(13-17)30-22(25-18)16-3-6-20(24-14-16)27-8-1-2-9-27/h3-6,13-14H,1-2,7-12,15H2. The van der Waals surface area contributed by atoms with Crippen molar-refractivity contribution in [3.8, 4) is 10.6 Å². The molecule has 2 saturated heterocycles. The average molecular weight is 426 g/mol. The van der Waals surface area contributed by atoms with Gasteiger partial charge in [0, 0.05) is 50.2 Å². The Balaban J connectivity index is 1.36. The number of hydrogen-bond donors (Lipinski definition) is 0. The molecule has 0 saturated carbocycles. The van der Waals surface area contributed by atoms with Crippen LogP contribution < -0.4 is 9.80 Å². The van der Waals surface area contributed by atoms with Gasteiger partial charge < -0.3 is 9.80 Å². The van der Waals surface area contributed by atoms with Gasteiger partial charge in [-0.3, -0.25) is 9.69 Å². The van der Waals surface area contributed by atoms with Crippen LogP contribution in [0.4, 0.5) is 15.9 Å². The van der Waals surface area contributed by atoms with E-state index < -0.39 is 6.67 Å². The first-order chi connectivity index (χ1) is 14.7. The highest BCUT2D eigenvalue weighted by Crippen LogP contribution is 2.33. The van der Waals surface area contributed by atoms with Gasteiger partial charge in [-0.1, -0.05) is 0 Å². The molecule has 4 heterocycles. The molecule has 2 aliphatic heterocycles. The molecule has 0 atom stereocenters. The van der Waals surface area contributed by atoms with E-state index in [1.165, 1.54) is 12.8 Å². The maximum absolute atomic E-state index is 12.6. The lowest BCUT2D eigenvalue weighted by molar-refractivity contribution is -0.121. The summed E-state index contributed by atoms with van der Waals surface area (Å²) >= 11 is 1.61. The molecular weight excluding hydrogens is 401 g/mol. The molecule has 2 aliphatic rings. The number of carbonyl (C=O) groups is 1. The number of anilines is 2. The molecule has 0 bridgehead atoms. The Bertz CT molecular complexity index is 1050. The van der Waals surface area contributed by atoms with E-state index >= 15 is 0 Å². The van der Waals surface area contributed by atoms with Crippen LogP contribution in [-0.4, -0.2) is 66.7 Å². The van der Waals surface area contributed by atoms with Crippen molar-refractivity contribution in [2.75, 3.05) is 55.7 Å². The van der Waals surface area contributed by atoms with Gasteiger partial charge in [0.2, 0.25) is 5.91 Å². The molecule has 2 aromatic heterocycles. The molecule has 0 N–H and O–H groups in total. The lowest BCUT2D eigenvalue weighted by atomic mass is 10.2. The topological polar surface area (TPSA) is 52.6 Å². The number of aromatic nitrogens is 2. The Hall–Kier alpha value is -2.58.